The van der Waals surface area contributed by atoms with Crippen molar-refractivity contribution in [2.45, 2.75) is 51.1 Å². The van der Waals surface area contributed by atoms with Crippen molar-refractivity contribution in [2.24, 2.45) is 0 Å². The van der Waals surface area contributed by atoms with E-state index in [2.05, 4.69) is 51.7 Å². The molecule has 1 atom stereocenters. The number of aromatic nitrogens is 1. The Balaban J connectivity index is 1.17. The average molecular weight is 493 g/mol. The Morgan fingerprint density at radius 1 is 1.17 bits per heavy atom. The van der Waals surface area contributed by atoms with E-state index in [0.717, 1.165) is 55.6 Å². The zero-order valence-corrected chi connectivity index (χ0v) is 21.5. The quantitative estimate of drug-likeness (QED) is 0.419. The van der Waals surface area contributed by atoms with Gasteiger partial charge in [-0.1, -0.05) is 30.3 Å². The van der Waals surface area contributed by atoms with Crippen LogP contribution in [0.2, 0.25) is 0 Å². The van der Waals surface area contributed by atoms with Crippen molar-refractivity contribution in [2.75, 3.05) is 31.6 Å². The Hall–Kier alpha value is -2.90. The van der Waals surface area contributed by atoms with Gasteiger partial charge in [0.1, 0.15) is 5.75 Å². The predicted octanol–water partition coefficient (Wildman–Crippen LogP) is 4.24. The summed E-state index contributed by atoms with van der Waals surface area (Å²) >= 11 is 1.73. The van der Waals surface area contributed by atoms with Gasteiger partial charge in [0.05, 0.1) is 19.0 Å². The van der Waals surface area contributed by atoms with E-state index in [4.69, 9.17) is 4.74 Å². The number of anilines is 1. The lowest BCUT2D eigenvalue weighted by Crippen LogP contribution is -2.46. The van der Waals surface area contributed by atoms with Crippen LogP contribution in [0.4, 0.5) is 5.69 Å². The number of nitrogens with zero attached hydrogens (tertiary/aromatic N) is 2. The molecule has 2 aromatic carbocycles. The second kappa shape index (κ2) is 12.7. The van der Waals surface area contributed by atoms with Gasteiger partial charge in [0.25, 0.3) is 0 Å². The van der Waals surface area contributed by atoms with Crippen molar-refractivity contribution in [1.29, 1.82) is 0 Å². The zero-order valence-electron chi connectivity index (χ0n) is 20.7. The number of ether oxygens (including phenoxy) is 1. The summed E-state index contributed by atoms with van der Waals surface area (Å²) in [6.45, 7) is 4.96. The fraction of sp³-hybridized carbons (Fsp3) is 0.429. The van der Waals surface area contributed by atoms with Gasteiger partial charge in [-0.15, -0.1) is 11.3 Å². The highest BCUT2D eigenvalue weighted by molar-refractivity contribution is 7.09. The molecule has 1 amide bonds. The summed E-state index contributed by atoms with van der Waals surface area (Å²) in [5.74, 6) is 0.912. The number of nitrogens with one attached hydrogen (secondary N) is 2. The van der Waals surface area contributed by atoms with Crippen LogP contribution in [0.1, 0.15) is 35.8 Å². The molecule has 35 heavy (non-hydrogen) atoms. The first-order chi connectivity index (χ1) is 17.1. The van der Waals surface area contributed by atoms with Crippen molar-refractivity contribution >= 4 is 22.9 Å². The summed E-state index contributed by atoms with van der Waals surface area (Å²) in [4.78, 5) is 20.4. The molecule has 2 N–H and O–H groups in total. The van der Waals surface area contributed by atoms with Gasteiger partial charge in [0.2, 0.25) is 5.91 Å². The van der Waals surface area contributed by atoms with Crippen molar-refractivity contribution in [1.82, 2.24) is 15.6 Å². The van der Waals surface area contributed by atoms with Crippen molar-refractivity contribution in [3.8, 4) is 5.75 Å². The molecule has 0 radical (unpaired) electrons. The molecule has 0 saturated carbocycles. The Morgan fingerprint density at radius 3 is 2.66 bits per heavy atom. The van der Waals surface area contributed by atoms with Gasteiger partial charge in [-0.2, -0.15) is 0 Å². The van der Waals surface area contributed by atoms with Crippen LogP contribution in [0, 0.1) is 0 Å². The Bertz CT molecular complexity index is 1050. The van der Waals surface area contributed by atoms with Crippen molar-refractivity contribution in [3.63, 3.8) is 0 Å². The minimum absolute atomic E-state index is 0.0481. The second-order valence-electron chi connectivity index (χ2n) is 9.26. The third kappa shape index (κ3) is 7.54. The summed E-state index contributed by atoms with van der Waals surface area (Å²) in [5.41, 5.74) is 5.29. The van der Waals surface area contributed by atoms with Gasteiger partial charge in [-0.05, 0) is 61.9 Å². The van der Waals surface area contributed by atoms with Crippen molar-refractivity contribution in [3.05, 3.63) is 76.2 Å². The minimum atomic E-state index is 0.0481. The lowest BCUT2D eigenvalue weighted by molar-refractivity contribution is -0.120. The zero-order chi connectivity index (χ0) is 24.5. The van der Waals surface area contributed by atoms with Crippen LogP contribution < -0.4 is 20.3 Å². The SMILES string of the molecule is COc1ccccc1CCNC(=O)Cc1ccc(N2CCC(NC(C)Cc3cncs3)CC2)cc1. The number of hydrogen-bond acceptors (Lipinski definition) is 6. The predicted molar refractivity (Wildman–Crippen MR) is 144 cm³/mol. The highest BCUT2D eigenvalue weighted by Crippen LogP contribution is 2.22. The summed E-state index contributed by atoms with van der Waals surface area (Å²) in [6.07, 6.45) is 6.45. The minimum Gasteiger partial charge on any atom is -0.496 e. The average Bonchev–Trinajstić information content (AvgIpc) is 3.38. The van der Waals surface area contributed by atoms with E-state index in [-0.39, 0.29) is 5.91 Å². The van der Waals surface area contributed by atoms with Gasteiger partial charge < -0.3 is 20.3 Å². The molecule has 7 heteroatoms. The molecule has 186 valence electrons. The molecular formula is C28H36N4O2S. The molecule has 0 bridgehead atoms. The molecule has 1 unspecified atom stereocenters. The van der Waals surface area contributed by atoms with E-state index in [1.54, 1.807) is 18.4 Å². The van der Waals surface area contributed by atoms with Crippen LogP contribution >= 0.6 is 11.3 Å². The van der Waals surface area contributed by atoms with Crippen molar-refractivity contribution < 1.29 is 9.53 Å². The highest BCUT2D eigenvalue weighted by Gasteiger charge is 2.21. The Morgan fingerprint density at radius 2 is 1.94 bits per heavy atom. The molecule has 1 aliphatic rings. The molecule has 3 aromatic rings. The third-order valence-electron chi connectivity index (χ3n) is 6.58. The standard InChI is InChI=1S/C28H36N4O2S/c1-21(17-26-19-29-20-35-26)31-24-12-15-32(16-13-24)25-9-7-22(8-10-25)18-28(33)30-14-11-23-5-3-4-6-27(23)34-2/h3-10,19-21,24,31H,11-18H2,1-2H3,(H,30,33). The number of carbonyl (C=O) groups is 1. The molecule has 1 aromatic heterocycles. The van der Waals surface area contributed by atoms with Crippen LogP contribution in [-0.2, 0) is 24.1 Å². The topological polar surface area (TPSA) is 66.5 Å². The van der Waals surface area contributed by atoms with Gasteiger partial charge >= 0.3 is 0 Å². The summed E-state index contributed by atoms with van der Waals surface area (Å²) in [7, 11) is 1.67. The second-order valence-corrected chi connectivity index (χ2v) is 10.2. The van der Waals surface area contributed by atoms with Gasteiger partial charge in [-0.25, -0.2) is 0 Å². The van der Waals surface area contributed by atoms with Crippen LogP contribution in [0.25, 0.3) is 0 Å². The maximum Gasteiger partial charge on any atom is 0.224 e. The first-order valence-corrected chi connectivity index (χ1v) is 13.3. The summed E-state index contributed by atoms with van der Waals surface area (Å²) in [6, 6.07) is 17.4. The molecule has 0 aliphatic carbocycles. The molecular weight excluding hydrogens is 456 g/mol. The van der Waals surface area contributed by atoms with E-state index < -0.39 is 0 Å². The number of amides is 1. The smallest absolute Gasteiger partial charge is 0.224 e. The number of methoxy groups -OCH3 is 1. The molecule has 1 fully saturated rings. The summed E-state index contributed by atoms with van der Waals surface area (Å²) < 4.78 is 5.38. The van der Waals surface area contributed by atoms with Crippen LogP contribution in [0.3, 0.4) is 0 Å². The number of rotatable bonds is 11. The monoisotopic (exact) mass is 492 g/mol. The maximum absolute atomic E-state index is 12.4. The number of piperidine rings is 1. The van der Waals surface area contributed by atoms with E-state index in [9.17, 15) is 4.79 Å². The maximum atomic E-state index is 12.4. The molecule has 4 rings (SSSR count). The normalized spacial score (nSPS) is 15.1. The fourth-order valence-corrected chi connectivity index (χ4v) is 5.45. The number of carbonyl (C=O) groups excluding carboxylic acids is 1. The molecule has 6 nitrogen and oxygen atoms in total. The molecule has 1 saturated heterocycles. The van der Waals surface area contributed by atoms with Crippen LogP contribution in [-0.4, -0.2) is 49.7 Å². The fourth-order valence-electron chi connectivity index (χ4n) is 4.73. The van der Waals surface area contributed by atoms with E-state index in [1.807, 2.05) is 36.0 Å². The molecule has 0 spiro atoms. The summed E-state index contributed by atoms with van der Waals surface area (Å²) in [5, 5.41) is 6.82. The first-order valence-electron chi connectivity index (χ1n) is 12.5. The number of hydrogen-bond donors (Lipinski definition) is 2. The van der Waals surface area contributed by atoms with E-state index >= 15 is 0 Å². The number of para-hydroxylation sites is 1. The third-order valence-corrected chi connectivity index (χ3v) is 7.38. The Kier molecular flexibility index (Phi) is 9.15. The molecule has 1 aliphatic heterocycles. The van der Waals surface area contributed by atoms with Gasteiger partial charge in [0, 0.05) is 48.5 Å². The van der Waals surface area contributed by atoms with Crippen LogP contribution in [0.15, 0.2) is 60.2 Å². The largest absolute Gasteiger partial charge is 0.496 e. The highest BCUT2D eigenvalue weighted by atomic mass is 32.1. The van der Waals surface area contributed by atoms with Gasteiger partial charge in [0.15, 0.2) is 0 Å². The lowest BCUT2D eigenvalue weighted by atomic mass is 10.0. The molecule has 2 heterocycles. The van der Waals surface area contributed by atoms with Crippen LogP contribution in [0.5, 0.6) is 5.75 Å². The van der Waals surface area contributed by atoms with E-state index in [0.29, 0.717) is 25.0 Å². The number of benzene rings is 2. The Labute approximate surface area is 212 Å². The number of thiazole rings is 1. The first kappa shape index (κ1) is 25.2. The van der Waals surface area contributed by atoms with Gasteiger partial charge in [-0.3, -0.25) is 9.78 Å². The van der Waals surface area contributed by atoms with E-state index in [1.165, 1.54) is 10.6 Å². The lowest BCUT2D eigenvalue weighted by Gasteiger charge is -2.35.